The fraction of sp³-hybridized carbons (Fsp3) is 0.600. The van der Waals surface area contributed by atoms with Gasteiger partial charge in [-0.1, -0.05) is 13.0 Å². The molecule has 1 heterocycles. The van der Waals surface area contributed by atoms with Crippen LogP contribution in [0.2, 0.25) is 0 Å². The number of pyridine rings is 1. The molecule has 0 aliphatic heterocycles. The van der Waals surface area contributed by atoms with Crippen molar-refractivity contribution in [2.24, 2.45) is 0 Å². The number of nitrogens with zero attached hydrogens (tertiary/aromatic N) is 2. The van der Waals surface area contributed by atoms with Gasteiger partial charge in [0.25, 0.3) is 0 Å². The van der Waals surface area contributed by atoms with Gasteiger partial charge in [-0.25, -0.2) is 0 Å². The van der Waals surface area contributed by atoms with E-state index in [0.717, 1.165) is 25.1 Å². The van der Waals surface area contributed by atoms with Gasteiger partial charge in [0.15, 0.2) is 0 Å². The SMILES string of the molecule is CCCNC(C)(CN(C)CCc1ccccn1)C(=O)O. The zero-order valence-corrected chi connectivity index (χ0v) is 12.6. The molecule has 20 heavy (non-hydrogen) atoms. The zero-order valence-electron chi connectivity index (χ0n) is 12.6. The molecule has 0 saturated heterocycles. The van der Waals surface area contributed by atoms with E-state index in [2.05, 4.69) is 10.3 Å². The van der Waals surface area contributed by atoms with Crippen LogP contribution < -0.4 is 5.32 Å². The molecule has 5 heteroatoms. The lowest BCUT2D eigenvalue weighted by Gasteiger charge is -2.31. The van der Waals surface area contributed by atoms with Crippen LogP contribution in [0.25, 0.3) is 0 Å². The monoisotopic (exact) mass is 279 g/mol. The van der Waals surface area contributed by atoms with E-state index in [-0.39, 0.29) is 0 Å². The lowest BCUT2D eigenvalue weighted by molar-refractivity contribution is -0.144. The standard InChI is InChI=1S/C15H25N3O2/c1-4-9-17-15(2,14(19)20)12-18(3)11-8-13-7-5-6-10-16-13/h5-7,10,17H,4,8-9,11-12H2,1-3H3,(H,19,20). The lowest BCUT2D eigenvalue weighted by atomic mass is 10.0. The highest BCUT2D eigenvalue weighted by molar-refractivity contribution is 5.78. The maximum Gasteiger partial charge on any atom is 0.324 e. The molecule has 0 fully saturated rings. The zero-order chi connectivity index (χ0) is 15.0. The molecule has 112 valence electrons. The molecule has 0 saturated carbocycles. The highest BCUT2D eigenvalue weighted by Crippen LogP contribution is 2.07. The molecule has 2 N–H and O–H groups in total. The summed E-state index contributed by atoms with van der Waals surface area (Å²) in [5.41, 5.74) is 0.118. The molecule has 0 aliphatic rings. The van der Waals surface area contributed by atoms with E-state index >= 15 is 0 Å². The predicted molar refractivity (Wildman–Crippen MR) is 79.8 cm³/mol. The first-order chi connectivity index (χ1) is 9.48. The quantitative estimate of drug-likeness (QED) is 0.715. The average molecular weight is 279 g/mol. The van der Waals surface area contributed by atoms with Crippen LogP contribution in [-0.2, 0) is 11.2 Å². The van der Waals surface area contributed by atoms with E-state index in [9.17, 15) is 9.90 Å². The second kappa shape index (κ2) is 7.97. The van der Waals surface area contributed by atoms with Gasteiger partial charge in [0, 0.05) is 31.4 Å². The van der Waals surface area contributed by atoms with Gasteiger partial charge in [0.2, 0.25) is 0 Å². The number of likely N-dealkylation sites (N-methyl/N-ethyl adjacent to an activating group) is 1. The smallest absolute Gasteiger partial charge is 0.324 e. The molecule has 0 bridgehead atoms. The van der Waals surface area contributed by atoms with Crippen LogP contribution in [0.15, 0.2) is 24.4 Å². The number of rotatable bonds is 9. The Morgan fingerprint density at radius 1 is 1.50 bits per heavy atom. The van der Waals surface area contributed by atoms with E-state index in [1.54, 1.807) is 13.1 Å². The molecule has 5 nitrogen and oxygen atoms in total. The van der Waals surface area contributed by atoms with Gasteiger partial charge in [-0.05, 0) is 39.1 Å². The van der Waals surface area contributed by atoms with Crippen molar-refractivity contribution in [1.29, 1.82) is 0 Å². The summed E-state index contributed by atoms with van der Waals surface area (Å²) in [6.07, 6.45) is 3.51. The third-order valence-electron chi connectivity index (χ3n) is 3.30. The topological polar surface area (TPSA) is 65.5 Å². The summed E-state index contributed by atoms with van der Waals surface area (Å²) in [6, 6.07) is 5.84. The van der Waals surface area contributed by atoms with Crippen molar-refractivity contribution in [3.05, 3.63) is 30.1 Å². The number of nitrogens with one attached hydrogen (secondary N) is 1. The minimum atomic E-state index is -0.908. The normalized spacial score (nSPS) is 14.2. The lowest BCUT2D eigenvalue weighted by Crippen LogP contribution is -2.56. The minimum absolute atomic E-state index is 0.467. The van der Waals surface area contributed by atoms with Crippen LogP contribution in [-0.4, -0.2) is 53.2 Å². The summed E-state index contributed by atoms with van der Waals surface area (Å²) >= 11 is 0. The molecule has 0 spiro atoms. The molecule has 0 amide bonds. The van der Waals surface area contributed by atoms with Gasteiger partial charge in [-0.3, -0.25) is 9.78 Å². The van der Waals surface area contributed by atoms with Gasteiger partial charge in [0.05, 0.1) is 0 Å². The summed E-state index contributed by atoms with van der Waals surface area (Å²) in [7, 11) is 1.94. The van der Waals surface area contributed by atoms with Crippen LogP contribution in [0.3, 0.4) is 0 Å². The molecule has 0 aromatic carbocycles. The van der Waals surface area contributed by atoms with Gasteiger partial charge >= 0.3 is 5.97 Å². The van der Waals surface area contributed by atoms with Crippen LogP contribution in [0.1, 0.15) is 26.0 Å². The summed E-state index contributed by atoms with van der Waals surface area (Å²) in [5, 5.41) is 12.5. The number of aliphatic carboxylic acids is 1. The van der Waals surface area contributed by atoms with Crippen molar-refractivity contribution >= 4 is 5.97 Å². The fourth-order valence-corrected chi connectivity index (χ4v) is 2.07. The van der Waals surface area contributed by atoms with E-state index in [1.807, 2.05) is 37.1 Å². The molecular formula is C15H25N3O2. The third kappa shape index (κ3) is 5.27. The summed E-state index contributed by atoms with van der Waals surface area (Å²) in [5.74, 6) is -0.810. The van der Waals surface area contributed by atoms with Gasteiger partial charge in [-0.2, -0.15) is 0 Å². The Balaban J connectivity index is 2.49. The number of carbonyl (C=O) groups is 1. The predicted octanol–water partition coefficient (Wildman–Crippen LogP) is 1.40. The molecule has 1 rings (SSSR count). The molecular weight excluding hydrogens is 254 g/mol. The van der Waals surface area contributed by atoms with Gasteiger partial charge in [0.1, 0.15) is 5.54 Å². The summed E-state index contributed by atoms with van der Waals surface area (Å²) in [4.78, 5) is 17.7. The molecule has 0 radical (unpaired) electrons. The van der Waals surface area contributed by atoms with Crippen LogP contribution in [0.5, 0.6) is 0 Å². The van der Waals surface area contributed by atoms with Gasteiger partial charge < -0.3 is 15.3 Å². The largest absolute Gasteiger partial charge is 0.480 e. The van der Waals surface area contributed by atoms with E-state index in [4.69, 9.17) is 0 Å². The van der Waals surface area contributed by atoms with Crippen molar-refractivity contribution in [1.82, 2.24) is 15.2 Å². The van der Waals surface area contributed by atoms with Crippen LogP contribution in [0.4, 0.5) is 0 Å². The number of carboxylic acid groups (broad SMARTS) is 1. The second-order valence-electron chi connectivity index (χ2n) is 5.37. The molecule has 0 aliphatic carbocycles. The van der Waals surface area contributed by atoms with E-state index in [0.29, 0.717) is 13.1 Å². The molecule has 1 atom stereocenters. The van der Waals surface area contributed by atoms with E-state index in [1.165, 1.54) is 0 Å². The maximum absolute atomic E-state index is 11.4. The molecule has 1 unspecified atom stereocenters. The Labute approximate surface area is 121 Å². The number of aromatic nitrogens is 1. The molecule has 1 aromatic rings. The highest BCUT2D eigenvalue weighted by Gasteiger charge is 2.33. The van der Waals surface area contributed by atoms with Gasteiger partial charge in [-0.15, -0.1) is 0 Å². The first-order valence-electron chi connectivity index (χ1n) is 7.05. The van der Waals surface area contributed by atoms with Crippen LogP contribution in [0, 0.1) is 0 Å². The first kappa shape index (κ1) is 16.6. The average Bonchev–Trinajstić information content (AvgIpc) is 2.44. The Bertz CT molecular complexity index is 411. The Hall–Kier alpha value is -1.46. The number of carboxylic acids is 1. The highest BCUT2D eigenvalue weighted by atomic mass is 16.4. The van der Waals surface area contributed by atoms with Crippen molar-refractivity contribution in [3.8, 4) is 0 Å². The number of hydrogen-bond donors (Lipinski definition) is 2. The van der Waals surface area contributed by atoms with Crippen molar-refractivity contribution in [3.63, 3.8) is 0 Å². The first-order valence-corrected chi connectivity index (χ1v) is 7.05. The van der Waals surface area contributed by atoms with Crippen molar-refractivity contribution in [2.45, 2.75) is 32.2 Å². The van der Waals surface area contributed by atoms with Crippen LogP contribution >= 0.6 is 0 Å². The maximum atomic E-state index is 11.4. The van der Waals surface area contributed by atoms with Crippen molar-refractivity contribution < 1.29 is 9.90 Å². The number of hydrogen-bond acceptors (Lipinski definition) is 4. The summed E-state index contributed by atoms with van der Waals surface area (Å²) in [6.45, 7) is 5.72. The van der Waals surface area contributed by atoms with E-state index < -0.39 is 11.5 Å². The van der Waals surface area contributed by atoms with Crippen molar-refractivity contribution in [2.75, 3.05) is 26.7 Å². The minimum Gasteiger partial charge on any atom is -0.480 e. The molecule has 1 aromatic heterocycles. The third-order valence-corrected chi connectivity index (χ3v) is 3.30. The Morgan fingerprint density at radius 3 is 2.80 bits per heavy atom. The Morgan fingerprint density at radius 2 is 2.25 bits per heavy atom. The Kier molecular flexibility index (Phi) is 6.61. The second-order valence-corrected chi connectivity index (χ2v) is 5.37. The fourth-order valence-electron chi connectivity index (χ4n) is 2.07. The summed E-state index contributed by atoms with van der Waals surface area (Å²) < 4.78 is 0.